The van der Waals surface area contributed by atoms with Crippen molar-refractivity contribution in [1.29, 1.82) is 0 Å². The smallest absolute Gasteiger partial charge is 0.199 e. The topological polar surface area (TPSA) is 78.6 Å². The van der Waals surface area contributed by atoms with E-state index < -0.39 is 5.78 Å². The summed E-state index contributed by atoms with van der Waals surface area (Å²) in [6.45, 7) is 1.57. The zero-order chi connectivity index (χ0) is 18.6. The van der Waals surface area contributed by atoms with Crippen LogP contribution in [0, 0.1) is 0 Å². The second kappa shape index (κ2) is 7.03. The van der Waals surface area contributed by atoms with E-state index in [0.29, 0.717) is 28.2 Å². The first-order valence-electron chi connectivity index (χ1n) is 8.34. The monoisotopic (exact) mass is 407 g/mol. The number of aryl methyl sites for hydroxylation is 1. The molecule has 8 heteroatoms. The second-order valence-corrected chi connectivity index (χ2v) is 7.14. The molecule has 3 aromatic rings. The highest BCUT2D eigenvalue weighted by molar-refractivity contribution is 6.39. The number of nitrogens with zero attached hydrogens (tertiary/aromatic N) is 3. The quantitative estimate of drug-likeness (QED) is 0.504. The molecule has 27 heavy (non-hydrogen) atoms. The number of carbonyl (C=O) groups is 1. The van der Waals surface area contributed by atoms with E-state index in [9.17, 15) is 15.0 Å². The number of carbonyl (C=O) groups excluding carboxylic acids is 1. The summed E-state index contributed by atoms with van der Waals surface area (Å²) in [7, 11) is 4.02. The number of halogens is 2. The summed E-state index contributed by atoms with van der Waals surface area (Å²) in [5.41, 5.74) is 1.91. The maximum Gasteiger partial charge on any atom is 0.199 e. The van der Waals surface area contributed by atoms with Gasteiger partial charge in [0.25, 0.3) is 0 Å². The second-order valence-electron chi connectivity index (χ2n) is 6.73. The van der Waals surface area contributed by atoms with Crippen molar-refractivity contribution in [3.05, 3.63) is 40.4 Å². The highest BCUT2D eigenvalue weighted by Gasteiger charge is 2.34. The van der Waals surface area contributed by atoms with Gasteiger partial charge in [-0.25, -0.2) is 0 Å². The minimum atomic E-state index is -0.399. The summed E-state index contributed by atoms with van der Waals surface area (Å²) < 4.78 is 1.83. The van der Waals surface area contributed by atoms with Crippen LogP contribution in [-0.4, -0.2) is 51.3 Å². The number of aromatic nitrogens is 2. The van der Waals surface area contributed by atoms with E-state index in [2.05, 4.69) is 10.00 Å². The van der Waals surface area contributed by atoms with E-state index in [-0.39, 0.29) is 35.0 Å². The minimum Gasteiger partial charge on any atom is -0.507 e. The Morgan fingerprint density at radius 2 is 1.74 bits per heavy atom. The van der Waals surface area contributed by atoms with Crippen molar-refractivity contribution in [2.75, 3.05) is 20.6 Å². The van der Waals surface area contributed by atoms with Gasteiger partial charge in [-0.1, -0.05) is 11.6 Å². The molecule has 1 aromatic heterocycles. The molecular formula is C19H19Cl2N3O3. The van der Waals surface area contributed by atoms with Gasteiger partial charge >= 0.3 is 0 Å². The van der Waals surface area contributed by atoms with Crippen LogP contribution in [0.2, 0.25) is 5.02 Å². The number of ketones is 1. The fourth-order valence-electron chi connectivity index (χ4n) is 3.53. The molecular weight excluding hydrogens is 389 g/mol. The van der Waals surface area contributed by atoms with Gasteiger partial charge in [0.05, 0.1) is 27.2 Å². The van der Waals surface area contributed by atoms with E-state index in [4.69, 9.17) is 11.6 Å². The predicted octanol–water partition coefficient (Wildman–Crippen LogP) is 3.69. The number of benzene rings is 2. The standard InChI is InChI=1S/C19H18ClN3O3.ClH/c1-22(2)8-3-9-23-11-5-4-10(20)14-15(11)18(21-23)16-12(24)6-7-13(25)17(16)19(14)26;/h4-7,24-25H,3,8-9H2,1-2H3;1H. The lowest BCUT2D eigenvalue weighted by atomic mass is 9.86. The van der Waals surface area contributed by atoms with Gasteiger partial charge in [0.2, 0.25) is 0 Å². The molecule has 0 amide bonds. The minimum absolute atomic E-state index is 0. The lowest BCUT2D eigenvalue weighted by molar-refractivity contribution is 0.103. The highest BCUT2D eigenvalue weighted by atomic mass is 35.5. The van der Waals surface area contributed by atoms with Gasteiger partial charge in [0.15, 0.2) is 5.78 Å². The molecule has 1 heterocycles. The summed E-state index contributed by atoms with van der Waals surface area (Å²) in [6.07, 6.45) is 0.883. The summed E-state index contributed by atoms with van der Waals surface area (Å²) in [4.78, 5) is 15.1. The number of hydrogen-bond acceptors (Lipinski definition) is 5. The van der Waals surface area contributed by atoms with Crippen molar-refractivity contribution in [1.82, 2.24) is 14.7 Å². The molecule has 0 saturated carbocycles. The van der Waals surface area contributed by atoms with Gasteiger partial charge in [-0.05, 0) is 51.3 Å². The van der Waals surface area contributed by atoms with Crippen LogP contribution in [0.5, 0.6) is 11.5 Å². The molecule has 0 atom stereocenters. The van der Waals surface area contributed by atoms with Crippen molar-refractivity contribution >= 4 is 40.7 Å². The molecule has 0 saturated heterocycles. The van der Waals surface area contributed by atoms with Gasteiger partial charge in [-0.15, -0.1) is 12.4 Å². The first-order valence-corrected chi connectivity index (χ1v) is 8.71. The molecule has 0 unspecified atom stereocenters. The third-order valence-corrected chi connectivity index (χ3v) is 5.01. The van der Waals surface area contributed by atoms with Crippen LogP contribution in [-0.2, 0) is 6.54 Å². The fraction of sp³-hybridized carbons (Fsp3) is 0.263. The van der Waals surface area contributed by atoms with Gasteiger partial charge < -0.3 is 15.1 Å². The average Bonchev–Trinajstić information content (AvgIpc) is 2.94. The number of phenolic OH excluding ortho intramolecular Hbond substituents is 2. The zero-order valence-corrected chi connectivity index (χ0v) is 16.4. The molecule has 6 nitrogen and oxygen atoms in total. The molecule has 2 aromatic carbocycles. The number of aromatic hydroxyl groups is 2. The predicted molar refractivity (Wildman–Crippen MR) is 107 cm³/mol. The summed E-state index contributed by atoms with van der Waals surface area (Å²) in [6, 6.07) is 6.19. The average molecular weight is 408 g/mol. The Morgan fingerprint density at radius 3 is 2.41 bits per heavy atom. The maximum atomic E-state index is 13.0. The van der Waals surface area contributed by atoms with E-state index >= 15 is 0 Å². The Morgan fingerprint density at radius 1 is 1.07 bits per heavy atom. The van der Waals surface area contributed by atoms with Crippen LogP contribution in [0.15, 0.2) is 24.3 Å². The van der Waals surface area contributed by atoms with Crippen molar-refractivity contribution in [3.63, 3.8) is 0 Å². The SMILES string of the molecule is CN(C)CCCn1nc2c3c(c(Cl)ccc31)C(=O)c1c(O)ccc(O)c1-2.Cl. The van der Waals surface area contributed by atoms with E-state index in [0.717, 1.165) is 18.5 Å². The highest BCUT2D eigenvalue weighted by Crippen LogP contribution is 2.47. The van der Waals surface area contributed by atoms with Crippen molar-refractivity contribution < 1.29 is 15.0 Å². The van der Waals surface area contributed by atoms with Gasteiger partial charge in [-0.2, -0.15) is 5.10 Å². The normalized spacial score (nSPS) is 12.4. The summed E-state index contributed by atoms with van der Waals surface area (Å²) in [5.74, 6) is -0.676. The zero-order valence-electron chi connectivity index (χ0n) is 14.9. The van der Waals surface area contributed by atoms with Gasteiger partial charge in [0.1, 0.15) is 17.2 Å². The van der Waals surface area contributed by atoms with E-state index in [1.807, 2.05) is 24.8 Å². The molecule has 0 bridgehead atoms. The van der Waals surface area contributed by atoms with Crippen LogP contribution < -0.4 is 0 Å². The molecule has 1 aliphatic carbocycles. The van der Waals surface area contributed by atoms with Crippen molar-refractivity contribution in [3.8, 4) is 22.8 Å². The Balaban J connectivity index is 0.00000210. The van der Waals surface area contributed by atoms with Crippen LogP contribution >= 0.6 is 24.0 Å². The third-order valence-electron chi connectivity index (χ3n) is 4.70. The molecule has 1 aliphatic rings. The van der Waals surface area contributed by atoms with Crippen LogP contribution in [0.4, 0.5) is 0 Å². The number of fused-ring (bicyclic) bond motifs is 2. The lowest BCUT2D eigenvalue weighted by Crippen LogP contribution is -2.15. The Bertz CT molecular complexity index is 1060. The summed E-state index contributed by atoms with van der Waals surface area (Å²) in [5, 5.41) is 26.2. The molecule has 0 aliphatic heterocycles. The van der Waals surface area contributed by atoms with Crippen LogP contribution in [0.25, 0.3) is 22.2 Å². The maximum absolute atomic E-state index is 13.0. The Hall–Kier alpha value is -2.28. The summed E-state index contributed by atoms with van der Waals surface area (Å²) >= 11 is 6.31. The van der Waals surface area contributed by atoms with Crippen LogP contribution in [0.3, 0.4) is 0 Å². The lowest BCUT2D eigenvalue weighted by Gasteiger charge is -2.17. The number of phenols is 2. The Labute approximate surface area is 167 Å². The largest absolute Gasteiger partial charge is 0.507 e. The van der Waals surface area contributed by atoms with E-state index in [1.165, 1.54) is 12.1 Å². The molecule has 0 spiro atoms. The molecule has 0 radical (unpaired) electrons. The molecule has 2 N–H and O–H groups in total. The third kappa shape index (κ3) is 2.94. The Kier molecular flexibility index (Phi) is 5.08. The van der Waals surface area contributed by atoms with Crippen LogP contribution in [0.1, 0.15) is 22.3 Å². The van der Waals surface area contributed by atoms with Gasteiger partial charge in [0, 0.05) is 11.9 Å². The first kappa shape index (κ1) is 19.5. The molecule has 142 valence electrons. The fourth-order valence-corrected chi connectivity index (χ4v) is 3.77. The van der Waals surface area contributed by atoms with Gasteiger partial charge in [-0.3, -0.25) is 9.48 Å². The van der Waals surface area contributed by atoms with Crippen molar-refractivity contribution in [2.45, 2.75) is 13.0 Å². The molecule has 4 rings (SSSR count). The number of rotatable bonds is 4. The van der Waals surface area contributed by atoms with Crippen molar-refractivity contribution in [2.24, 2.45) is 0 Å². The first-order chi connectivity index (χ1) is 12.4. The molecule has 0 fully saturated rings. The van der Waals surface area contributed by atoms with E-state index in [1.54, 1.807) is 6.07 Å². The number of hydrogen-bond donors (Lipinski definition) is 2.